The van der Waals surface area contributed by atoms with Gasteiger partial charge in [-0.1, -0.05) is 36.0 Å². The van der Waals surface area contributed by atoms with Crippen molar-refractivity contribution in [2.75, 3.05) is 0 Å². The fourth-order valence-electron chi connectivity index (χ4n) is 1.22. The van der Waals surface area contributed by atoms with Crippen molar-refractivity contribution in [3.63, 3.8) is 0 Å². The van der Waals surface area contributed by atoms with Crippen molar-refractivity contribution in [1.82, 2.24) is 0 Å². The van der Waals surface area contributed by atoms with Gasteiger partial charge in [0.15, 0.2) is 0 Å². The van der Waals surface area contributed by atoms with Crippen molar-refractivity contribution in [3.05, 3.63) is 47.1 Å². The maximum atomic E-state index is 7.66. The fraction of sp³-hybridized carbons (Fsp3) is 0.357. The summed E-state index contributed by atoms with van der Waals surface area (Å²) in [5, 5.41) is 7.66. The third kappa shape index (κ3) is 4.11. The van der Waals surface area contributed by atoms with Crippen LogP contribution in [-0.2, 0) is 0 Å². The van der Waals surface area contributed by atoms with Crippen LogP contribution < -0.4 is 0 Å². The number of hydrogen-bond donors (Lipinski definition) is 1. The number of rotatable bonds is 4. The molecule has 0 aliphatic heterocycles. The molecule has 0 amide bonds. The van der Waals surface area contributed by atoms with Crippen LogP contribution in [0.4, 0.5) is 0 Å². The quantitative estimate of drug-likeness (QED) is 0.516. The highest BCUT2D eigenvalue weighted by Crippen LogP contribution is 2.16. The van der Waals surface area contributed by atoms with E-state index < -0.39 is 0 Å². The molecular weight excluding hydrogens is 182 g/mol. The van der Waals surface area contributed by atoms with Gasteiger partial charge in [-0.3, -0.25) is 0 Å². The molecule has 0 aromatic carbocycles. The highest BCUT2D eigenvalue weighted by atomic mass is 14.4. The van der Waals surface area contributed by atoms with E-state index >= 15 is 0 Å². The topological polar surface area (TPSA) is 23.9 Å². The molecule has 0 atom stereocenters. The van der Waals surface area contributed by atoms with Crippen molar-refractivity contribution in [1.29, 1.82) is 5.41 Å². The Hall–Kier alpha value is -1.37. The zero-order valence-corrected chi connectivity index (χ0v) is 10.4. The molecule has 82 valence electrons. The third-order valence-corrected chi connectivity index (χ3v) is 2.38. The van der Waals surface area contributed by atoms with E-state index in [1.54, 1.807) is 13.0 Å². The Morgan fingerprint density at radius 2 is 1.67 bits per heavy atom. The molecule has 0 saturated heterocycles. The van der Waals surface area contributed by atoms with Crippen molar-refractivity contribution < 1.29 is 0 Å². The molecule has 0 aromatic rings. The van der Waals surface area contributed by atoms with Crippen LogP contribution in [0.1, 0.15) is 34.6 Å². The van der Waals surface area contributed by atoms with Gasteiger partial charge in [-0.2, -0.15) is 0 Å². The molecule has 0 heterocycles. The Morgan fingerprint density at radius 1 is 1.13 bits per heavy atom. The average Bonchev–Trinajstić information content (AvgIpc) is 2.16. The van der Waals surface area contributed by atoms with E-state index in [-0.39, 0.29) is 0 Å². The first-order chi connectivity index (χ1) is 6.93. The van der Waals surface area contributed by atoms with E-state index in [9.17, 15) is 0 Å². The molecule has 1 heteroatoms. The van der Waals surface area contributed by atoms with Crippen LogP contribution in [-0.4, -0.2) is 5.71 Å². The molecular formula is C14H21N. The minimum Gasteiger partial charge on any atom is -0.305 e. The summed E-state index contributed by atoms with van der Waals surface area (Å²) < 4.78 is 0. The summed E-state index contributed by atoms with van der Waals surface area (Å²) in [6.45, 7) is 13.8. The van der Waals surface area contributed by atoms with Crippen LogP contribution in [0.25, 0.3) is 0 Å². The lowest BCUT2D eigenvalue weighted by molar-refractivity contribution is 1.28. The van der Waals surface area contributed by atoms with Gasteiger partial charge in [0.2, 0.25) is 0 Å². The Morgan fingerprint density at radius 3 is 1.93 bits per heavy atom. The van der Waals surface area contributed by atoms with Crippen molar-refractivity contribution >= 4 is 5.71 Å². The minimum absolute atomic E-state index is 0.574. The SMILES string of the molecule is C=CC(=C\C(C)=C(C)C)/C(=C\C)C(C)=N. The maximum absolute atomic E-state index is 7.66. The van der Waals surface area contributed by atoms with Crippen molar-refractivity contribution in [3.8, 4) is 0 Å². The first kappa shape index (κ1) is 13.6. The lowest BCUT2D eigenvalue weighted by Crippen LogP contribution is -1.98. The average molecular weight is 203 g/mol. The molecule has 0 unspecified atom stereocenters. The van der Waals surface area contributed by atoms with Crippen molar-refractivity contribution in [2.24, 2.45) is 0 Å². The zero-order chi connectivity index (χ0) is 12.0. The predicted molar refractivity (Wildman–Crippen MR) is 69.5 cm³/mol. The minimum atomic E-state index is 0.574. The summed E-state index contributed by atoms with van der Waals surface area (Å²) in [6, 6.07) is 0. The second-order valence-corrected chi connectivity index (χ2v) is 3.81. The lowest BCUT2D eigenvalue weighted by atomic mass is 9.98. The fourth-order valence-corrected chi connectivity index (χ4v) is 1.22. The summed E-state index contributed by atoms with van der Waals surface area (Å²) in [6.07, 6.45) is 5.84. The molecule has 15 heavy (non-hydrogen) atoms. The molecule has 0 bridgehead atoms. The second-order valence-electron chi connectivity index (χ2n) is 3.81. The molecule has 0 fully saturated rings. The van der Waals surface area contributed by atoms with Crippen LogP contribution in [0.5, 0.6) is 0 Å². The Balaban J connectivity index is 5.35. The van der Waals surface area contributed by atoms with Gasteiger partial charge in [-0.15, -0.1) is 0 Å². The summed E-state index contributed by atoms with van der Waals surface area (Å²) in [4.78, 5) is 0. The standard InChI is InChI=1S/C14H21N/c1-7-13(9-11(5)10(3)4)14(8-2)12(6)15/h7-9,15H,1H2,2-6H3/b13-9+,14-8-,15-12?. The van der Waals surface area contributed by atoms with Gasteiger partial charge in [0.25, 0.3) is 0 Å². The Bertz CT molecular complexity index is 348. The van der Waals surface area contributed by atoms with Gasteiger partial charge in [0.05, 0.1) is 0 Å². The van der Waals surface area contributed by atoms with Crippen LogP contribution in [0.3, 0.4) is 0 Å². The van der Waals surface area contributed by atoms with Gasteiger partial charge in [-0.05, 0) is 45.8 Å². The van der Waals surface area contributed by atoms with E-state index in [4.69, 9.17) is 5.41 Å². The van der Waals surface area contributed by atoms with Gasteiger partial charge >= 0.3 is 0 Å². The molecule has 0 aliphatic rings. The van der Waals surface area contributed by atoms with E-state index in [1.807, 2.05) is 13.0 Å². The second kappa shape index (κ2) is 6.18. The molecule has 0 aliphatic carbocycles. The number of nitrogens with one attached hydrogen (secondary N) is 1. The van der Waals surface area contributed by atoms with E-state index in [1.165, 1.54) is 11.1 Å². The van der Waals surface area contributed by atoms with Crippen molar-refractivity contribution in [2.45, 2.75) is 34.6 Å². The third-order valence-electron chi connectivity index (χ3n) is 2.38. The van der Waals surface area contributed by atoms with E-state index in [0.29, 0.717) is 5.71 Å². The van der Waals surface area contributed by atoms with Gasteiger partial charge < -0.3 is 5.41 Å². The van der Waals surface area contributed by atoms with Crippen LogP contribution in [0, 0.1) is 5.41 Å². The van der Waals surface area contributed by atoms with E-state index in [0.717, 1.165) is 11.1 Å². The molecule has 0 rings (SSSR count). The van der Waals surface area contributed by atoms with Crippen LogP contribution in [0.2, 0.25) is 0 Å². The monoisotopic (exact) mass is 203 g/mol. The summed E-state index contributed by atoms with van der Waals surface area (Å²) in [7, 11) is 0. The lowest BCUT2D eigenvalue weighted by Gasteiger charge is -2.07. The number of allylic oxidation sites excluding steroid dienone is 7. The zero-order valence-electron chi connectivity index (χ0n) is 10.4. The maximum Gasteiger partial charge on any atom is 0.0357 e. The summed E-state index contributed by atoms with van der Waals surface area (Å²) in [5.74, 6) is 0. The molecule has 1 N–H and O–H groups in total. The van der Waals surface area contributed by atoms with Gasteiger partial charge in [0, 0.05) is 5.71 Å². The molecule has 0 saturated carbocycles. The molecule has 1 nitrogen and oxygen atoms in total. The van der Waals surface area contributed by atoms with Crippen LogP contribution in [0.15, 0.2) is 47.1 Å². The highest BCUT2D eigenvalue weighted by Gasteiger charge is 2.03. The van der Waals surface area contributed by atoms with E-state index in [2.05, 4.69) is 33.4 Å². The Kier molecular flexibility index (Phi) is 5.61. The smallest absolute Gasteiger partial charge is 0.0357 e. The highest BCUT2D eigenvalue weighted by molar-refractivity contribution is 6.00. The van der Waals surface area contributed by atoms with Gasteiger partial charge in [-0.25, -0.2) is 0 Å². The predicted octanol–water partition coefficient (Wildman–Crippen LogP) is 4.44. The molecule has 0 radical (unpaired) electrons. The molecule has 0 spiro atoms. The number of hydrogen-bond acceptors (Lipinski definition) is 1. The first-order valence-electron chi connectivity index (χ1n) is 5.14. The van der Waals surface area contributed by atoms with Gasteiger partial charge in [0.1, 0.15) is 0 Å². The largest absolute Gasteiger partial charge is 0.305 e. The Labute approximate surface area is 93.4 Å². The summed E-state index contributed by atoms with van der Waals surface area (Å²) >= 11 is 0. The van der Waals surface area contributed by atoms with Crippen LogP contribution >= 0.6 is 0 Å². The molecule has 0 aromatic heterocycles. The summed E-state index contributed by atoms with van der Waals surface area (Å²) in [5.41, 5.74) is 5.05. The first-order valence-corrected chi connectivity index (χ1v) is 5.14. The normalized spacial score (nSPS) is 12.3.